The lowest BCUT2D eigenvalue weighted by Crippen LogP contribution is -2.29. The van der Waals surface area contributed by atoms with Crippen LogP contribution in [0.1, 0.15) is 28.9 Å². The second-order valence-corrected chi connectivity index (χ2v) is 6.37. The van der Waals surface area contributed by atoms with Crippen molar-refractivity contribution in [1.29, 1.82) is 0 Å². The van der Waals surface area contributed by atoms with Crippen LogP contribution in [-0.2, 0) is 0 Å². The first-order chi connectivity index (χ1) is 11.5. The van der Waals surface area contributed by atoms with Crippen molar-refractivity contribution >= 4 is 33.1 Å². The van der Waals surface area contributed by atoms with Gasteiger partial charge in [0.2, 0.25) is 0 Å². The molecule has 0 saturated carbocycles. The Balaban J connectivity index is 1.86. The van der Waals surface area contributed by atoms with Gasteiger partial charge in [-0.3, -0.25) is 14.9 Å². The smallest absolute Gasteiger partial charge is 0.269 e. The standard InChI is InChI=1S/C17H15N3O3S/c1-11(12-4-3-5-14(8-12)20(22)23)19(2)17(21)13-6-7-15-16(9-13)24-10-18-15/h3-11H,1-2H3/t11-/m1/s1. The van der Waals surface area contributed by atoms with Gasteiger partial charge in [0.25, 0.3) is 11.6 Å². The number of benzene rings is 2. The van der Waals surface area contributed by atoms with Crippen LogP contribution in [0.25, 0.3) is 10.2 Å². The molecule has 3 rings (SSSR count). The molecule has 0 spiro atoms. The third kappa shape index (κ3) is 2.98. The Labute approximate surface area is 142 Å². The number of non-ortho nitro benzene ring substituents is 1. The first-order valence-corrected chi connectivity index (χ1v) is 8.20. The van der Waals surface area contributed by atoms with Gasteiger partial charge in [-0.05, 0) is 30.7 Å². The molecule has 0 saturated heterocycles. The number of hydrogen-bond donors (Lipinski definition) is 0. The van der Waals surface area contributed by atoms with E-state index in [-0.39, 0.29) is 17.6 Å². The third-order valence-electron chi connectivity index (χ3n) is 4.04. The molecule has 0 radical (unpaired) electrons. The van der Waals surface area contributed by atoms with Gasteiger partial charge in [0.1, 0.15) is 0 Å². The van der Waals surface area contributed by atoms with E-state index in [9.17, 15) is 14.9 Å². The molecule has 1 aromatic heterocycles. The highest BCUT2D eigenvalue weighted by Gasteiger charge is 2.21. The van der Waals surface area contributed by atoms with Gasteiger partial charge < -0.3 is 4.90 Å². The fourth-order valence-corrected chi connectivity index (χ4v) is 3.21. The summed E-state index contributed by atoms with van der Waals surface area (Å²) < 4.78 is 0.956. The van der Waals surface area contributed by atoms with Crippen LogP contribution in [0.15, 0.2) is 48.0 Å². The van der Waals surface area contributed by atoms with Gasteiger partial charge >= 0.3 is 0 Å². The molecule has 0 unspecified atom stereocenters. The van der Waals surface area contributed by atoms with Gasteiger partial charge in [0, 0.05) is 24.7 Å². The lowest BCUT2D eigenvalue weighted by molar-refractivity contribution is -0.384. The third-order valence-corrected chi connectivity index (χ3v) is 4.83. The van der Waals surface area contributed by atoms with Crippen molar-refractivity contribution in [3.05, 3.63) is 69.2 Å². The Hall–Kier alpha value is -2.80. The second kappa shape index (κ2) is 6.37. The topological polar surface area (TPSA) is 76.3 Å². The van der Waals surface area contributed by atoms with Crippen LogP contribution in [0.5, 0.6) is 0 Å². The summed E-state index contributed by atoms with van der Waals surface area (Å²) in [6.45, 7) is 1.85. The molecular weight excluding hydrogens is 326 g/mol. The summed E-state index contributed by atoms with van der Waals surface area (Å²) in [6.07, 6.45) is 0. The molecular formula is C17H15N3O3S. The fraction of sp³-hybridized carbons (Fsp3) is 0.176. The SMILES string of the molecule is C[C@H](c1cccc([N+](=O)[O-])c1)N(C)C(=O)c1ccc2ncsc2c1. The highest BCUT2D eigenvalue weighted by atomic mass is 32.1. The van der Waals surface area contributed by atoms with Crippen molar-refractivity contribution in [2.45, 2.75) is 13.0 Å². The van der Waals surface area contributed by atoms with Crippen molar-refractivity contribution in [2.24, 2.45) is 0 Å². The summed E-state index contributed by atoms with van der Waals surface area (Å²) in [4.78, 5) is 29.0. The molecule has 1 heterocycles. The maximum atomic E-state index is 12.7. The largest absolute Gasteiger partial charge is 0.335 e. The molecule has 2 aromatic carbocycles. The lowest BCUT2D eigenvalue weighted by atomic mass is 10.1. The van der Waals surface area contributed by atoms with E-state index < -0.39 is 4.92 Å². The first-order valence-electron chi connectivity index (χ1n) is 7.32. The van der Waals surface area contributed by atoms with Gasteiger partial charge in [0.05, 0.1) is 26.7 Å². The Morgan fingerprint density at radius 2 is 2.08 bits per heavy atom. The quantitative estimate of drug-likeness (QED) is 0.530. The number of carbonyl (C=O) groups excluding carboxylic acids is 1. The zero-order valence-electron chi connectivity index (χ0n) is 13.2. The number of nitrogens with zero attached hydrogens (tertiary/aromatic N) is 3. The van der Waals surface area contributed by atoms with Crippen LogP contribution >= 0.6 is 11.3 Å². The molecule has 0 N–H and O–H groups in total. The van der Waals surface area contributed by atoms with Crippen molar-refractivity contribution in [3.63, 3.8) is 0 Å². The summed E-state index contributed by atoms with van der Waals surface area (Å²) >= 11 is 1.48. The zero-order chi connectivity index (χ0) is 17.3. The second-order valence-electron chi connectivity index (χ2n) is 5.48. The number of aromatic nitrogens is 1. The Bertz CT molecular complexity index is 922. The maximum Gasteiger partial charge on any atom is 0.269 e. The van der Waals surface area contributed by atoms with Crippen molar-refractivity contribution in [3.8, 4) is 0 Å². The van der Waals surface area contributed by atoms with E-state index in [1.165, 1.54) is 23.5 Å². The lowest BCUT2D eigenvalue weighted by Gasteiger charge is -2.25. The Morgan fingerprint density at radius 3 is 2.83 bits per heavy atom. The maximum absolute atomic E-state index is 12.7. The van der Waals surface area contributed by atoms with E-state index in [2.05, 4.69) is 4.98 Å². The number of nitro benzene ring substituents is 1. The molecule has 24 heavy (non-hydrogen) atoms. The summed E-state index contributed by atoms with van der Waals surface area (Å²) in [7, 11) is 1.70. The molecule has 7 heteroatoms. The number of nitro groups is 1. The van der Waals surface area contributed by atoms with E-state index in [0.29, 0.717) is 5.56 Å². The fourth-order valence-electron chi connectivity index (χ4n) is 2.49. The molecule has 6 nitrogen and oxygen atoms in total. The number of carbonyl (C=O) groups is 1. The normalized spacial score (nSPS) is 12.1. The summed E-state index contributed by atoms with van der Waals surface area (Å²) in [5, 5.41) is 10.9. The minimum absolute atomic E-state index is 0.0197. The van der Waals surface area contributed by atoms with Crippen molar-refractivity contribution in [2.75, 3.05) is 7.05 Å². The van der Waals surface area contributed by atoms with E-state index in [4.69, 9.17) is 0 Å². The average Bonchev–Trinajstić information content (AvgIpc) is 3.07. The van der Waals surface area contributed by atoms with Gasteiger partial charge in [-0.1, -0.05) is 12.1 Å². The van der Waals surface area contributed by atoms with Gasteiger partial charge in [-0.15, -0.1) is 11.3 Å². The molecule has 0 aliphatic heterocycles. The van der Waals surface area contributed by atoms with Crippen LogP contribution in [-0.4, -0.2) is 27.8 Å². The molecule has 0 aliphatic rings. The number of rotatable bonds is 4. The highest BCUT2D eigenvalue weighted by Crippen LogP contribution is 2.25. The summed E-state index contributed by atoms with van der Waals surface area (Å²) in [5.41, 5.74) is 3.93. The van der Waals surface area contributed by atoms with Crippen LogP contribution < -0.4 is 0 Å². The number of fused-ring (bicyclic) bond motifs is 1. The molecule has 1 atom stereocenters. The van der Waals surface area contributed by atoms with Crippen LogP contribution in [0.4, 0.5) is 5.69 Å². The van der Waals surface area contributed by atoms with Crippen LogP contribution in [0.2, 0.25) is 0 Å². The number of amides is 1. The Kier molecular flexibility index (Phi) is 4.26. The van der Waals surface area contributed by atoms with E-state index in [0.717, 1.165) is 15.8 Å². The van der Waals surface area contributed by atoms with Crippen molar-refractivity contribution in [1.82, 2.24) is 9.88 Å². The van der Waals surface area contributed by atoms with E-state index in [1.807, 2.05) is 19.1 Å². The van der Waals surface area contributed by atoms with Crippen molar-refractivity contribution < 1.29 is 9.72 Å². The predicted molar refractivity (Wildman–Crippen MR) is 93.2 cm³/mol. The predicted octanol–water partition coefficient (Wildman–Crippen LogP) is 4.04. The molecule has 0 fully saturated rings. The Morgan fingerprint density at radius 1 is 1.29 bits per heavy atom. The molecule has 0 aliphatic carbocycles. The molecule has 122 valence electrons. The summed E-state index contributed by atoms with van der Waals surface area (Å²) in [5.74, 6) is -0.135. The summed E-state index contributed by atoms with van der Waals surface area (Å²) in [6, 6.07) is 11.5. The minimum Gasteiger partial charge on any atom is -0.335 e. The van der Waals surface area contributed by atoms with Crippen LogP contribution in [0, 0.1) is 10.1 Å². The highest BCUT2D eigenvalue weighted by molar-refractivity contribution is 7.16. The number of hydrogen-bond acceptors (Lipinski definition) is 5. The van der Waals surface area contributed by atoms with Gasteiger partial charge in [-0.2, -0.15) is 0 Å². The van der Waals surface area contributed by atoms with Gasteiger partial charge in [0.15, 0.2) is 0 Å². The van der Waals surface area contributed by atoms with E-state index >= 15 is 0 Å². The van der Waals surface area contributed by atoms with Crippen LogP contribution in [0.3, 0.4) is 0 Å². The average molecular weight is 341 g/mol. The van der Waals surface area contributed by atoms with Gasteiger partial charge in [-0.25, -0.2) is 4.98 Å². The zero-order valence-corrected chi connectivity index (χ0v) is 14.0. The minimum atomic E-state index is -0.435. The van der Waals surface area contributed by atoms with E-state index in [1.54, 1.807) is 35.7 Å². The monoisotopic (exact) mass is 341 g/mol. The molecule has 3 aromatic rings. The molecule has 1 amide bonds. The number of thiazole rings is 1. The molecule has 0 bridgehead atoms. The first kappa shape index (κ1) is 16.1.